The van der Waals surface area contributed by atoms with Crippen LogP contribution in [0.1, 0.15) is 46.0 Å². The van der Waals surface area contributed by atoms with Crippen LogP contribution in [0.25, 0.3) is 0 Å². The van der Waals surface area contributed by atoms with E-state index in [1.807, 2.05) is 6.92 Å². The molecule has 0 saturated carbocycles. The van der Waals surface area contributed by atoms with Gasteiger partial charge in [0.1, 0.15) is 0 Å². The SMILES string of the molecule is CCCCNC(=O)c1cccc(C(=O)Nc2cccc(C(F)(F)F)c2)c1. The summed E-state index contributed by atoms with van der Waals surface area (Å²) in [5.74, 6) is -0.889. The summed E-state index contributed by atoms with van der Waals surface area (Å²) in [6, 6.07) is 10.4. The first-order valence-corrected chi connectivity index (χ1v) is 8.18. The van der Waals surface area contributed by atoms with Gasteiger partial charge in [-0.05, 0) is 42.8 Å². The number of carbonyl (C=O) groups is 2. The summed E-state index contributed by atoms with van der Waals surface area (Å²) in [7, 11) is 0. The minimum absolute atomic E-state index is 0.0302. The maximum atomic E-state index is 12.7. The van der Waals surface area contributed by atoms with Crippen molar-refractivity contribution in [3.05, 3.63) is 65.2 Å². The van der Waals surface area contributed by atoms with Crippen LogP contribution in [0.15, 0.2) is 48.5 Å². The summed E-state index contributed by atoms with van der Waals surface area (Å²) in [6.07, 6.45) is -2.70. The summed E-state index contributed by atoms with van der Waals surface area (Å²) in [6.45, 7) is 2.54. The van der Waals surface area contributed by atoms with E-state index in [1.165, 1.54) is 24.3 Å². The van der Waals surface area contributed by atoms with Crippen molar-refractivity contribution >= 4 is 17.5 Å². The fraction of sp³-hybridized carbons (Fsp3) is 0.263. The van der Waals surface area contributed by atoms with Crippen LogP contribution < -0.4 is 10.6 Å². The Bertz CT molecular complexity index is 788. The van der Waals surface area contributed by atoms with Gasteiger partial charge in [0, 0.05) is 23.4 Å². The lowest BCUT2D eigenvalue weighted by Crippen LogP contribution is -2.24. The van der Waals surface area contributed by atoms with Gasteiger partial charge in [-0.1, -0.05) is 25.5 Å². The molecule has 0 aliphatic rings. The Balaban J connectivity index is 2.11. The van der Waals surface area contributed by atoms with E-state index in [9.17, 15) is 22.8 Å². The van der Waals surface area contributed by atoms with Crippen molar-refractivity contribution in [2.75, 3.05) is 11.9 Å². The molecule has 2 N–H and O–H groups in total. The second kappa shape index (κ2) is 8.51. The molecule has 0 atom stereocenters. The Morgan fingerprint density at radius 2 is 1.62 bits per heavy atom. The number of unbranched alkanes of at least 4 members (excludes halogenated alkanes) is 1. The lowest BCUT2D eigenvalue weighted by Gasteiger charge is -2.10. The summed E-state index contributed by atoms with van der Waals surface area (Å²) in [4.78, 5) is 24.3. The van der Waals surface area contributed by atoms with Gasteiger partial charge in [0.05, 0.1) is 5.56 Å². The van der Waals surface area contributed by atoms with E-state index in [2.05, 4.69) is 10.6 Å². The van der Waals surface area contributed by atoms with E-state index in [-0.39, 0.29) is 17.2 Å². The van der Waals surface area contributed by atoms with Gasteiger partial charge in [0.15, 0.2) is 0 Å². The van der Waals surface area contributed by atoms with Crippen LogP contribution >= 0.6 is 0 Å². The van der Waals surface area contributed by atoms with Gasteiger partial charge in [0.2, 0.25) is 0 Å². The van der Waals surface area contributed by atoms with Gasteiger partial charge in [0.25, 0.3) is 11.8 Å². The van der Waals surface area contributed by atoms with E-state index in [4.69, 9.17) is 0 Å². The van der Waals surface area contributed by atoms with Crippen LogP contribution in [-0.4, -0.2) is 18.4 Å². The maximum absolute atomic E-state index is 12.7. The molecule has 0 heterocycles. The van der Waals surface area contributed by atoms with Gasteiger partial charge in [-0.2, -0.15) is 13.2 Å². The smallest absolute Gasteiger partial charge is 0.352 e. The molecule has 0 aliphatic heterocycles. The number of benzene rings is 2. The molecule has 7 heteroatoms. The third-order valence-electron chi connectivity index (χ3n) is 3.65. The van der Waals surface area contributed by atoms with Crippen LogP contribution in [0, 0.1) is 0 Å². The Labute approximate surface area is 149 Å². The van der Waals surface area contributed by atoms with E-state index in [1.54, 1.807) is 12.1 Å². The van der Waals surface area contributed by atoms with Crippen molar-refractivity contribution in [1.82, 2.24) is 5.32 Å². The van der Waals surface area contributed by atoms with Gasteiger partial charge >= 0.3 is 6.18 Å². The second-order valence-electron chi connectivity index (χ2n) is 5.72. The quantitative estimate of drug-likeness (QED) is 0.742. The predicted octanol–water partition coefficient (Wildman–Crippen LogP) is 4.49. The lowest BCUT2D eigenvalue weighted by molar-refractivity contribution is -0.137. The highest BCUT2D eigenvalue weighted by Crippen LogP contribution is 2.30. The number of rotatable bonds is 6. The third-order valence-corrected chi connectivity index (χ3v) is 3.65. The first-order valence-electron chi connectivity index (χ1n) is 8.18. The molecule has 2 aromatic carbocycles. The molecule has 0 fully saturated rings. The number of anilines is 1. The highest BCUT2D eigenvalue weighted by atomic mass is 19.4. The number of nitrogens with one attached hydrogen (secondary N) is 2. The molecule has 0 unspecified atom stereocenters. The largest absolute Gasteiger partial charge is 0.416 e. The monoisotopic (exact) mass is 364 g/mol. The molecule has 2 aromatic rings. The topological polar surface area (TPSA) is 58.2 Å². The van der Waals surface area contributed by atoms with Gasteiger partial charge in [-0.3, -0.25) is 9.59 Å². The van der Waals surface area contributed by atoms with E-state index < -0.39 is 17.6 Å². The minimum Gasteiger partial charge on any atom is -0.352 e. The Hall–Kier alpha value is -2.83. The number of carbonyl (C=O) groups excluding carboxylic acids is 2. The van der Waals surface area contributed by atoms with Gasteiger partial charge in [-0.15, -0.1) is 0 Å². The summed E-state index contributed by atoms with van der Waals surface area (Å²) >= 11 is 0. The third kappa shape index (κ3) is 5.34. The molecule has 2 rings (SSSR count). The molecular weight excluding hydrogens is 345 g/mol. The highest BCUT2D eigenvalue weighted by Gasteiger charge is 2.30. The van der Waals surface area contributed by atoms with Crippen molar-refractivity contribution in [3.8, 4) is 0 Å². The lowest BCUT2D eigenvalue weighted by atomic mass is 10.1. The first-order chi connectivity index (χ1) is 12.3. The maximum Gasteiger partial charge on any atom is 0.416 e. The summed E-state index contributed by atoms with van der Waals surface area (Å²) in [5, 5.41) is 5.16. The molecule has 0 bridgehead atoms. The molecule has 0 radical (unpaired) electrons. The van der Waals surface area contributed by atoms with Gasteiger partial charge in [-0.25, -0.2) is 0 Å². The fourth-order valence-corrected chi connectivity index (χ4v) is 2.26. The van der Waals surface area contributed by atoms with E-state index in [0.717, 1.165) is 25.0 Å². The summed E-state index contributed by atoms with van der Waals surface area (Å²) < 4.78 is 38.2. The number of alkyl halides is 3. The van der Waals surface area contributed by atoms with Crippen molar-refractivity contribution in [2.24, 2.45) is 0 Å². The van der Waals surface area contributed by atoms with Crippen molar-refractivity contribution in [3.63, 3.8) is 0 Å². The van der Waals surface area contributed by atoms with Crippen molar-refractivity contribution < 1.29 is 22.8 Å². The minimum atomic E-state index is -4.49. The average molecular weight is 364 g/mol. The highest BCUT2D eigenvalue weighted by molar-refractivity contribution is 6.06. The molecule has 0 aliphatic carbocycles. The van der Waals surface area contributed by atoms with Crippen LogP contribution in [-0.2, 0) is 6.18 Å². The summed E-state index contributed by atoms with van der Waals surface area (Å²) in [5.41, 5.74) is -0.315. The first kappa shape index (κ1) is 19.5. The van der Waals surface area contributed by atoms with Crippen LogP contribution in [0.2, 0.25) is 0 Å². The normalized spacial score (nSPS) is 11.1. The molecule has 138 valence electrons. The second-order valence-corrected chi connectivity index (χ2v) is 5.72. The number of hydrogen-bond donors (Lipinski definition) is 2. The molecule has 4 nitrogen and oxygen atoms in total. The zero-order chi connectivity index (χ0) is 19.2. The van der Waals surface area contributed by atoms with Crippen molar-refractivity contribution in [2.45, 2.75) is 25.9 Å². The fourth-order valence-electron chi connectivity index (χ4n) is 2.26. The van der Waals surface area contributed by atoms with E-state index >= 15 is 0 Å². The van der Waals surface area contributed by atoms with Gasteiger partial charge < -0.3 is 10.6 Å². The Morgan fingerprint density at radius 3 is 2.27 bits per heavy atom. The number of hydrogen-bond acceptors (Lipinski definition) is 2. The molecule has 0 saturated heterocycles. The molecule has 26 heavy (non-hydrogen) atoms. The molecule has 2 amide bonds. The van der Waals surface area contributed by atoms with Crippen molar-refractivity contribution in [1.29, 1.82) is 0 Å². The number of halogens is 3. The molecule has 0 aromatic heterocycles. The Morgan fingerprint density at radius 1 is 0.962 bits per heavy atom. The van der Waals surface area contributed by atoms with Crippen LogP contribution in [0.4, 0.5) is 18.9 Å². The van der Waals surface area contributed by atoms with Crippen LogP contribution in [0.3, 0.4) is 0 Å². The number of amides is 2. The molecular formula is C19H19F3N2O2. The average Bonchev–Trinajstić information content (AvgIpc) is 2.61. The zero-order valence-electron chi connectivity index (χ0n) is 14.2. The molecule has 0 spiro atoms. The Kier molecular flexibility index (Phi) is 6.38. The standard InChI is InChI=1S/C19H19F3N2O2/c1-2-3-10-23-17(25)13-6-4-7-14(11-13)18(26)24-16-9-5-8-15(12-16)19(20,21)22/h4-9,11-12H,2-3,10H2,1H3,(H,23,25)(H,24,26). The predicted molar refractivity (Wildman–Crippen MR) is 93.1 cm³/mol. The van der Waals surface area contributed by atoms with Crippen LogP contribution in [0.5, 0.6) is 0 Å². The van der Waals surface area contributed by atoms with E-state index in [0.29, 0.717) is 12.1 Å². The zero-order valence-corrected chi connectivity index (χ0v) is 14.2.